The van der Waals surface area contributed by atoms with Crippen molar-refractivity contribution in [1.29, 1.82) is 0 Å². The molecule has 2 rings (SSSR count). The molecule has 0 spiro atoms. The van der Waals surface area contributed by atoms with Crippen molar-refractivity contribution in [3.05, 3.63) is 0 Å². The van der Waals surface area contributed by atoms with Gasteiger partial charge < -0.3 is 10.6 Å². The molecule has 78 valence electrons. The van der Waals surface area contributed by atoms with Gasteiger partial charge in [0.15, 0.2) is 0 Å². The lowest BCUT2D eigenvalue weighted by atomic mass is 10.0. The molecule has 0 aromatic rings. The first-order valence-corrected chi connectivity index (χ1v) is 5.06. The summed E-state index contributed by atoms with van der Waals surface area (Å²) in [5.41, 5.74) is 0. The zero-order valence-electron chi connectivity index (χ0n) is 8.01. The van der Waals surface area contributed by atoms with Crippen molar-refractivity contribution in [1.82, 2.24) is 16.0 Å². The van der Waals surface area contributed by atoms with E-state index in [0.717, 1.165) is 19.5 Å². The van der Waals surface area contributed by atoms with E-state index in [1.807, 2.05) is 0 Å². The lowest BCUT2D eigenvalue weighted by Crippen LogP contribution is -2.53. The summed E-state index contributed by atoms with van der Waals surface area (Å²) >= 11 is 0. The number of imide groups is 1. The molecule has 2 heterocycles. The topological polar surface area (TPSA) is 70.2 Å². The van der Waals surface area contributed by atoms with Crippen LogP contribution >= 0.6 is 0 Å². The monoisotopic (exact) mass is 197 g/mol. The Balaban J connectivity index is 1.85. The molecule has 0 bridgehead atoms. The van der Waals surface area contributed by atoms with Gasteiger partial charge in [-0.15, -0.1) is 0 Å². The molecule has 0 aromatic heterocycles. The van der Waals surface area contributed by atoms with Gasteiger partial charge in [0.05, 0.1) is 6.04 Å². The minimum atomic E-state index is -0.183. The Kier molecular flexibility index (Phi) is 2.79. The summed E-state index contributed by atoms with van der Waals surface area (Å²) in [6, 6.07) is 0.191. The fourth-order valence-electron chi connectivity index (χ4n) is 1.93. The Morgan fingerprint density at radius 2 is 2.14 bits per heavy atom. The Morgan fingerprint density at radius 3 is 2.79 bits per heavy atom. The molecule has 2 amide bonds. The van der Waals surface area contributed by atoms with E-state index in [0.29, 0.717) is 18.9 Å². The highest BCUT2D eigenvalue weighted by Gasteiger charge is 2.28. The van der Waals surface area contributed by atoms with Crippen LogP contribution in [0.25, 0.3) is 0 Å². The molecule has 3 N–H and O–H groups in total. The number of rotatable bonds is 2. The van der Waals surface area contributed by atoms with Crippen molar-refractivity contribution in [3.8, 4) is 0 Å². The normalized spacial score (nSPS) is 33.1. The summed E-state index contributed by atoms with van der Waals surface area (Å²) in [6.07, 6.45) is 2.13. The molecule has 2 saturated heterocycles. The summed E-state index contributed by atoms with van der Waals surface area (Å²) in [5.74, 6) is -0.328. The summed E-state index contributed by atoms with van der Waals surface area (Å²) in [6.45, 7) is 1.92. The largest absolute Gasteiger partial charge is 0.315 e. The van der Waals surface area contributed by atoms with Crippen LogP contribution in [-0.4, -0.2) is 37.0 Å². The van der Waals surface area contributed by atoms with Crippen molar-refractivity contribution in [2.24, 2.45) is 0 Å². The van der Waals surface area contributed by atoms with Crippen LogP contribution in [0.15, 0.2) is 0 Å². The van der Waals surface area contributed by atoms with E-state index < -0.39 is 0 Å². The molecule has 2 aliphatic heterocycles. The van der Waals surface area contributed by atoms with Crippen LogP contribution in [0.2, 0.25) is 0 Å². The average molecular weight is 197 g/mol. The standard InChI is InChI=1S/C9H15N3O2/c13-8-2-1-7(9(14)12-8)11-6-3-4-10-5-6/h6-7,10-11H,1-5H2,(H,12,13,14)/t6-,7-/m1/s1. The van der Waals surface area contributed by atoms with Crippen molar-refractivity contribution in [2.75, 3.05) is 13.1 Å². The Labute approximate surface area is 82.6 Å². The number of piperidine rings is 1. The lowest BCUT2D eigenvalue weighted by Gasteiger charge is -2.24. The second-order valence-corrected chi connectivity index (χ2v) is 3.86. The van der Waals surface area contributed by atoms with Crippen molar-refractivity contribution < 1.29 is 9.59 Å². The third kappa shape index (κ3) is 2.10. The number of hydrogen-bond acceptors (Lipinski definition) is 4. The van der Waals surface area contributed by atoms with Crippen LogP contribution in [0.5, 0.6) is 0 Å². The molecule has 2 aliphatic rings. The number of hydrogen-bond donors (Lipinski definition) is 3. The highest BCUT2D eigenvalue weighted by molar-refractivity contribution is 6.00. The molecule has 0 aromatic carbocycles. The molecule has 0 unspecified atom stereocenters. The number of nitrogens with one attached hydrogen (secondary N) is 3. The fraction of sp³-hybridized carbons (Fsp3) is 0.778. The van der Waals surface area contributed by atoms with Crippen LogP contribution < -0.4 is 16.0 Å². The van der Waals surface area contributed by atoms with Gasteiger partial charge >= 0.3 is 0 Å². The van der Waals surface area contributed by atoms with E-state index >= 15 is 0 Å². The molecule has 2 fully saturated rings. The Hall–Kier alpha value is -0.940. The zero-order chi connectivity index (χ0) is 9.97. The van der Waals surface area contributed by atoms with Gasteiger partial charge in [-0.25, -0.2) is 0 Å². The first kappa shape index (κ1) is 9.61. The highest BCUT2D eigenvalue weighted by atomic mass is 16.2. The van der Waals surface area contributed by atoms with Gasteiger partial charge in [0.1, 0.15) is 0 Å². The molecule has 0 saturated carbocycles. The van der Waals surface area contributed by atoms with E-state index in [1.165, 1.54) is 0 Å². The fourth-order valence-corrected chi connectivity index (χ4v) is 1.93. The molecule has 2 atom stereocenters. The minimum absolute atomic E-state index is 0.155. The van der Waals surface area contributed by atoms with E-state index in [4.69, 9.17) is 0 Å². The highest BCUT2D eigenvalue weighted by Crippen LogP contribution is 2.07. The smallest absolute Gasteiger partial charge is 0.243 e. The van der Waals surface area contributed by atoms with E-state index in [1.54, 1.807) is 0 Å². The SMILES string of the molecule is O=C1CC[C@@H](N[C@@H]2CCNC2)C(=O)N1. The second-order valence-electron chi connectivity index (χ2n) is 3.86. The van der Waals surface area contributed by atoms with Gasteiger partial charge in [-0.3, -0.25) is 14.9 Å². The Bertz CT molecular complexity index is 248. The Morgan fingerprint density at radius 1 is 1.29 bits per heavy atom. The maximum atomic E-state index is 11.4. The van der Waals surface area contributed by atoms with Crippen LogP contribution in [0.4, 0.5) is 0 Å². The molecule has 0 aliphatic carbocycles. The van der Waals surface area contributed by atoms with E-state index in [-0.39, 0.29) is 17.9 Å². The quantitative estimate of drug-likeness (QED) is 0.483. The van der Waals surface area contributed by atoms with Gasteiger partial charge in [-0.1, -0.05) is 0 Å². The van der Waals surface area contributed by atoms with Crippen LogP contribution in [0.3, 0.4) is 0 Å². The van der Waals surface area contributed by atoms with E-state index in [2.05, 4.69) is 16.0 Å². The van der Waals surface area contributed by atoms with Gasteiger partial charge in [-0.05, 0) is 19.4 Å². The molecular formula is C9H15N3O2. The van der Waals surface area contributed by atoms with Gasteiger partial charge in [0, 0.05) is 19.0 Å². The molecular weight excluding hydrogens is 182 g/mol. The number of carbonyl (C=O) groups excluding carboxylic acids is 2. The predicted octanol–water partition coefficient (Wildman–Crippen LogP) is -1.26. The molecule has 14 heavy (non-hydrogen) atoms. The molecule has 5 heteroatoms. The predicted molar refractivity (Wildman–Crippen MR) is 50.6 cm³/mol. The summed E-state index contributed by atoms with van der Waals surface area (Å²) in [4.78, 5) is 22.3. The molecule has 0 radical (unpaired) electrons. The lowest BCUT2D eigenvalue weighted by molar-refractivity contribution is -0.134. The van der Waals surface area contributed by atoms with Crippen LogP contribution in [-0.2, 0) is 9.59 Å². The second kappa shape index (κ2) is 4.06. The summed E-state index contributed by atoms with van der Waals surface area (Å²) in [7, 11) is 0. The van der Waals surface area contributed by atoms with Crippen molar-refractivity contribution in [2.45, 2.75) is 31.3 Å². The molecule has 5 nitrogen and oxygen atoms in total. The minimum Gasteiger partial charge on any atom is -0.315 e. The van der Waals surface area contributed by atoms with Crippen molar-refractivity contribution in [3.63, 3.8) is 0 Å². The number of amides is 2. The summed E-state index contributed by atoms with van der Waals surface area (Å²) < 4.78 is 0. The summed E-state index contributed by atoms with van der Waals surface area (Å²) in [5, 5.41) is 8.83. The maximum Gasteiger partial charge on any atom is 0.243 e. The first-order chi connectivity index (χ1) is 6.75. The zero-order valence-corrected chi connectivity index (χ0v) is 8.01. The van der Waals surface area contributed by atoms with Crippen LogP contribution in [0.1, 0.15) is 19.3 Å². The first-order valence-electron chi connectivity index (χ1n) is 5.06. The van der Waals surface area contributed by atoms with Gasteiger partial charge in [0.25, 0.3) is 0 Å². The average Bonchev–Trinajstić information content (AvgIpc) is 2.62. The number of carbonyl (C=O) groups is 2. The third-order valence-corrected chi connectivity index (χ3v) is 2.74. The third-order valence-electron chi connectivity index (χ3n) is 2.74. The van der Waals surface area contributed by atoms with E-state index in [9.17, 15) is 9.59 Å². The van der Waals surface area contributed by atoms with Gasteiger partial charge in [0.2, 0.25) is 11.8 Å². The van der Waals surface area contributed by atoms with Gasteiger partial charge in [-0.2, -0.15) is 0 Å². The van der Waals surface area contributed by atoms with Crippen molar-refractivity contribution >= 4 is 11.8 Å². The maximum absolute atomic E-state index is 11.4. The van der Waals surface area contributed by atoms with Crippen LogP contribution in [0, 0.1) is 0 Å².